The normalized spacial score (nSPS) is 22.2. The van der Waals surface area contributed by atoms with E-state index in [0.29, 0.717) is 32.2 Å². The van der Waals surface area contributed by atoms with Crippen molar-refractivity contribution in [1.82, 2.24) is 10.2 Å². The van der Waals surface area contributed by atoms with Crippen molar-refractivity contribution in [2.75, 3.05) is 25.4 Å². The van der Waals surface area contributed by atoms with Gasteiger partial charge >= 0.3 is 11.9 Å². The van der Waals surface area contributed by atoms with Gasteiger partial charge in [-0.3, -0.25) is 19.5 Å². The number of nitrogens with two attached hydrogens (primary N) is 1. The first-order valence-corrected chi connectivity index (χ1v) is 12.8. The van der Waals surface area contributed by atoms with Crippen molar-refractivity contribution in [2.24, 2.45) is 10.7 Å². The molecule has 3 atom stereocenters. The SMILES string of the molecule is N[C@@H](CCCCNC1=NCCS1)C(=O)[C@@]1(C(=O)O)CCCN1C(CCc1ccccc1)C(=O)O. The largest absolute Gasteiger partial charge is 0.480 e. The van der Waals surface area contributed by atoms with Crippen LogP contribution in [0, 0.1) is 0 Å². The van der Waals surface area contributed by atoms with Crippen molar-refractivity contribution in [1.29, 1.82) is 0 Å². The molecule has 3 rings (SSSR count). The van der Waals surface area contributed by atoms with Crippen LogP contribution in [0.5, 0.6) is 0 Å². The summed E-state index contributed by atoms with van der Waals surface area (Å²) in [5, 5.41) is 24.3. The molecular formula is C24H34N4O5S. The van der Waals surface area contributed by atoms with E-state index in [-0.39, 0.29) is 19.4 Å². The molecule has 2 aliphatic heterocycles. The molecule has 1 aromatic carbocycles. The van der Waals surface area contributed by atoms with Crippen LogP contribution in [0.25, 0.3) is 0 Å². The van der Waals surface area contributed by atoms with Gasteiger partial charge in [-0.15, -0.1) is 0 Å². The molecule has 0 radical (unpaired) electrons. The number of carbonyl (C=O) groups is 3. The highest BCUT2D eigenvalue weighted by Crippen LogP contribution is 2.35. The molecule has 0 aromatic heterocycles. The highest BCUT2D eigenvalue weighted by Gasteiger charge is 2.57. The minimum Gasteiger partial charge on any atom is -0.480 e. The number of aliphatic carboxylic acids is 2. The summed E-state index contributed by atoms with van der Waals surface area (Å²) in [7, 11) is 0. The highest BCUT2D eigenvalue weighted by atomic mass is 32.2. The summed E-state index contributed by atoms with van der Waals surface area (Å²) in [6.07, 6.45) is 2.98. The van der Waals surface area contributed by atoms with E-state index in [1.165, 1.54) is 4.90 Å². The third kappa shape index (κ3) is 6.17. The number of hydrogen-bond donors (Lipinski definition) is 4. The second-order valence-corrected chi connectivity index (χ2v) is 9.85. The Morgan fingerprint density at radius 1 is 1.18 bits per heavy atom. The first-order chi connectivity index (χ1) is 16.4. The van der Waals surface area contributed by atoms with E-state index in [2.05, 4.69) is 10.3 Å². The number of rotatable bonds is 13. The zero-order chi connectivity index (χ0) is 24.6. The fraction of sp³-hybridized carbons (Fsp3) is 0.583. The number of thioether (sulfide) groups is 1. The van der Waals surface area contributed by atoms with Crippen LogP contribution >= 0.6 is 11.8 Å². The van der Waals surface area contributed by atoms with Gasteiger partial charge in [0.05, 0.1) is 12.6 Å². The van der Waals surface area contributed by atoms with Gasteiger partial charge in [-0.05, 0) is 50.5 Å². The summed E-state index contributed by atoms with van der Waals surface area (Å²) < 4.78 is 0. The van der Waals surface area contributed by atoms with Crippen molar-refractivity contribution in [3.8, 4) is 0 Å². The fourth-order valence-corrected chi connectivity index (χ4v) is 5.55. The molecule has 0 spiro atoms. The summed E-state index contributed by atoms with van der Waals surface area (Å²) in [6, 6.07) is 7.40. The molecule has 9 nitrogen and oxygen atoms in total. The number of aliphatic imine (C=N–C) groups is 1. The smallest absolute Gasteiger partial charge is 0.332 e. The van der Waals surface area contributed by atoms with Crippen molar-refractivity contribution >= 4 is 34.7 Å². The van der Waals surface area contributed by atoms with Gasteiger partial charge in [-0.25, -0.2) is 4.79 Å². The summed E-state index contributed by atoms with van der Waals surface area (Å²) in [4.78, 5) is 43.7. The predicted molar refractivity (Wildman–Crippen MR) is 132 cm³/mol. The van der Waals surface area contributed by atoms with Crippen LogP contribution in [0.2, 0.25) is 0 Å². The van der Waals surface area contributed by atoms with E-state index in [0.717, 1.165) is 29.4 Å². The number of Topliss-reactive ketones (excluding diaryl/α,β-unsaturated/α-hetero) is 1. The average Bonchev–Trinajstić information content (AvgIpc) is 3.50. The molecule has 34 heavy (non-hydrogen) atoms. The maximum absolute atomic E-state index is 13.4. The molecule has 2 heterocycles. The fourth-order valence-electron chi connectivity index (χ4n) is 4.79. The minimum atomic E-state index is -1.90. The van der Waals surface area contributed by atoms with Crippen molar-refractivity contribution < 1.29 is 24.6 Å². The van der Waals surface area contributed by atoms with Crippen LogP contribution in [0.3, 0.4) is 0 Å². The Morgan fingerprint density at radius 2 is 1.94 bits per heavy atom. The third-order valence-electron chi connectivity index (χ3n) is 6.54. The molecule has 0 aliphatic carbocycles. The van der Waals surface area contributed by atoms with Gasteiger partial charge in [0.15, 0.2) is 16.5 Å². The number of ketones is 1. The number of carbonyl (C=O) groups excluding carboxylic acids is 1. The average molecular weight is 491 g/mol. The second kappa shape index (κ2) is 12.3. The summed E-state index contributed by atoms with van der Waals surface area (Å²) in [5.74, 6) is -2.04. The summed E-state index contributed by atoms with van der Waals surface area (Å²) in [5.41, 5.74) is 5.26. The minimum absolute atomic E-state index is 0.0720. The Morgan fingerprint density at radius 3 is 2.59 bits per heavy atom. The Balaban J connectivity index is 1.64. The van der Waals surface area contributed by atoms with Gasteiger partial charge in [0, 0.05) is 18.8 Å². The number of benzene rings is 1. The zero-order valence-corrected chi connectivity index (χ0v) is 20.1. The molecule has 1 aromatic rings. The van der Waals surface area contributed by atoms with Crippen molar-refractivity contribution in [3.05, 3.63) is 35.9 Å². The number of aryl methyl sites for hydroxylation is 1. The Hall–Kier alpha value is -2.43. The van der Waals surface area contributed by atoms with E-state index in [1.54, 1.807) is 11.8 Å². The highest BCUT2D eigenvalue weighted by molar-refractivity contribution is 8.14. The molecule has 186 valence electrons. The number of likely N-dealkylation sites (tertiary alicyclic amines) is 1. The lowest BCUT2D eigenvalue weighted by Gasteiger charge is -2.38. The molecule has 1 fully saturated rings. The summed E-state index contributed by atoms with van der Waals surface area (Å²) in [6.45, 7) is 1.77. The number of carboxylic acids is 2. The van der Waals surface area contributed by atoms with Crippen LogP contribution < -0.4 is 11.1 Å². The van der Waals surface area contributed by atoms with Gasteiger partial charge in [0.1, 0.15) is 6.04 Å². The van der Waals surface area contributed by atoms with Gasteiger partial charge in [0.25, 0.3) is 0 Å². The van der Waals surface area contributed by atoms with Crippen molar-refractivity contribution in [3.63, 3.8) is 0 Å². The Bertz CT molecular complexity index is 897. The standard InChI is InChI=1S/C24H34N4O5S/c25-18(9-4-5-13-26-23-27-14-16-34-23)20(29)24(22(32)33)12-6-15-28(24)19(21(30)31)11-10-17-7-2-1-3-8-17/h1-3,7-8,18-19H,4-6,9-16,25H2,(H,26,27)(H,30,31)(H,32,33)/t18-,19?,24+/m0/s1. The van der Waals surface area contributed by atoms with Crippen LogP contribution in [-0.2, 0) is 20.8 Å². The third-order valence-corrected chi connectivity index (χ3v) is 7.47. The molecular weight excluding hydrogens is 456 g/mol. The van der Waals surface area contributed by atoms with Gasteiger partial charge in [0.2, 0.25) is 0 Å². The number of nitrogens with one attached hydrogen (secondary N) is 1. The van der Waals surface area contributed by atoms with Crippen LogP contribution in [0.4, 0.5) is 0 Å². The predicted octanol–water partition coefficient (Wildman–Crippen LogP) is 1.75. The number of amidine groups is 1. The molecule has 1 saturated heterocycles. The lowest BCUT2D eigenvalue weighted by molar-refractivity contribution is -0.161. The summed E-state index contributed by atoms with van der Waals surface area (Å²) >= 11 is 1.68. The molecule has 5 N–H and O–H groups in total. The number of carboxylic acid groups (broad SMARTS) is 2. The first-order valence-electron chi connectivity index (χ1n) is 11.8. The molecule has 0 saturated carbocycles. The number of nitrogens with zero attached hydrogens (tertiary/aromatic N) is 2. The molecule has 10 heteroatoms. The van der Waals surface area contributed by atoms with E-state index in [1.807, 2.05) is 30.3 Å². The lowest BCUT2D eigenvalue weighted by Crippen LogP contribution is -2.64. The van der Waals surface area contributed by atoms with Crippen LogP contribution in [0.15, 0.2) is 35.3 Å². The van der Waals surface area contributed by atoms with Gasteiger partial charge in [-0.2, -0.15) is 0 Å². The molecule has 0 bridgehead atoms. The van der Waals surface area contributed by atoms with Crippen LogP contribution in [0.1, 0.15) is 44.1 Å². The van der Waals surface area contributed by atoms with E-state index < -0.39 is 35.3 Å². The van der Waals surface area contributed by atoms with E-state index >= 15 is 0 Å². The zero-order valence-electron chi connectivity index (χ0n) is 19.3. The van der Waals surface area contributed by atoms with E-state index in [9.17, 15) is 24.6 Å². The molecule has 2 aliphatic rings. The second-order valence-electron chi connectivity index (χ2n) is 8.77. The first kappa shape index (κ1) is 26.2. The topological polar surface area (TPSA) is 145 Å². The Labute approximate surface area is 204 Å². The molecule has 0 amide bonds. The maximum Gasteiger partial charge on any atom is 0.332 e. The lowest BCUT2D eigenvalue weighted by atomic mass is 9.84. The van der Waals surface area contributed by atoms with Gasteiger partial charge < -0.3 is 21.3 Å². The van der Waals surface area contributed by atoms with Crippen LogP contribution in [-0.4, -0.2) is 81.0 Å². The number of hydrogen-bond acceptors (Lipinski definition) is 8. The monoisotopic (exact) mass is 490 g/mol. The maximum atomic E-state index is 13.4. The Kier molecular flexibility index (Phi) is 9.49. The quantitative estimate of drug-likeness (QED) is 0.240. The molecule has 1 unspecified atom stereocenters. The van der Waals surface area contributed by atoms with Crippen molar-refractivity contribution in [2.45, 2.75) is 62.6 Å². The number of unbranched alkanes of at least 4 members (excludes halogenated alkanes) is 1. The van der Waals surface area contributed by atoms with E-state index in [4.69, 9.17) is 5.73 Å². The van der Waals surface area contributed by atoms with Gasteiger partial charge in [-0.1, -0.05) is 42.1 Å².